The van der Waals surface area contributed by atoms with Crippen LogP contribution < -0.4 is 10.5 Å². The molecule has 0 fully saturated rings. The fourth-order valence-corrected chi connectivity index (χ4v) is 1.62. The fourth-order valence-electron chi connectivity index (χ4n) is 1.08. The summed E-state index contributed by atoms with van der Waals surface area (Å²) in [5.74, 6) is -0.474. The van der Waals surface area contributed by atoms with Gasteiger partial charge >= 0.3 is 6.18 Å². The zero-order valence-electron chi connectivity index (χ0n) is 9.11. The highest BCUT2D eigenvalue weighted by Gasteiger charge is 2.32. The van der Waals surface area contributed by atoms with Gasteiger partial charge in [-0.15, -0.1) is 0 Å². The largest absolute Gasteiger partial charge is 0.433 e. The second kappa shape index (κ2) is 5.48. The predicted octanol–water partition coefficient (Wildman–Crippen LogP) is 0.586. The standard InChI is InChI=1S/C8H11F3N4O2S/c9-8(10,11)6-2-4-14-7(15-6)13-3-1-5-18(12,16)17/h2,4H,1,3,5H2,(H2,12,16,17)(H,13,14,15). The molecule has 0 aromatic carbocycles. The van der Waals surface area contributed by atoms with Crippen LogP contribution in [0.2, 0.25) is 0 Å². The lowest BCUT2D eigenvalue weighted by Crippen LogP contribution is -2.19. The van der Waals surface area contributed by atoms with Gasteiger partial charge in [0.15, 0.2) is 0 Å². The molecule has 0 aliphatic heterocycles. The summed E-state index contributed by atoms with van der Waals surface area (Å²) >= 11 is 0. The summed E-state index contributed by atoms with van der Waals surface area (Å²) in [6.45, 7) is 0.109. The first-order valence-corrected chi connectivity index (χ1v) is 6.54. The Morgan fingerprint density at radius 2 is 2.06 bits per heavy atom. The van der Waals surface area contributed by atoms with Crippen molar-refractivity contribution in [3.05, 3.63) is 18.0 Å². The van der Waals surface area contributed by atoms with Crippen LogP contribution in [0.5, 0.6) is 0 Å². The SMILES string of the molecule is NS(=O)(=O)CCCNc1nccc(C(F)(F)F)n1. The Morgan fingerprint density at radius 1 is 1.39 bits per heavy atom. The molecule has 3 N–H and O–H groups in total. The molecule has 0 saturated carbocycles. The zero-order chi connectivity index (χ0) is 13.8. The van der Waals surface area contributed by atoms with Gasteiger partial charge in [-0.25, -0.2) is 23.5 Å². The van der Waals surface area contributed by atoms with Crippen LogP contribution in [0.1, 0.15) is 12.1 Å². The molecule has 0 bridgehead atoms. The van der Waals surface area contributed by atoms with Crippen molar-refractivity contribution in [2.45, 2.75) is 12.6 Å². The lowest BCUT2D eigenvalue weighted by molar-refractivity contribution is -0.141. The summed E-state index contributed by atoms with van der Waals surface area (Å²) < 4.78 is 58.1. The van der Waals surface area contributed by atoms with E-state index < -0.39 is 21.9 Å². The molecular weight excluding hydrogens is 273 g/mol. The van der Waals surface area contributed by atoms with Crippen LogP contribution in [0.25, 0.3) is 0 Å². The molecule has 102 valence electrons. The van der Waals surface area contributed by atoms with Gasteiger partial charge in [0.1, 0.15) is 5.69 Å². The Morgan fingerprint density at radius 3 is 2.61 bits per heavy atom. The van der Waals surface area contributed by atoms with Crippen molar-refractivity contribution in [1.29, 1.82) is 0 Å². The molecular formula is C8H11F3N4O2S. The van der Waals surface area contributed by atoms with Gasteiger partial charge in [-0.2, -0.15) is 13.2 Å². The third-order valence-corrected chi connectivity index (χ3v) is 2.69. The van der Waals surface area contributed by atoms with Gasteiger partial charge in [0.25, 0.3) is 0 Å². The van der Waals surface area contributed by atoms with E-state index in [0.717, 1.165) is 12.3 Å². The maximum Gasteiger partial charge on any atom is 0.433 e. The van der Waals surface area contributed by atoms with Crippen LogP contribution in [-0.2, 0) is 16.2 Å². The van der Waals surface area contributed by atoms with Crippen LogP contribution >= 0.6 is 0 Å². The summed E-state index contributed by atoms with van der Waals surface area (Å²) in [6, 6.07) is 0.746. The lowest BCUT2D eigenvalue weighted by atomic mass is 10.4. The van der Waals surface area contributed by atoms with Crippen molar-refractivity contribution < 1.29 is 21.6 Å². The number of hydrogen-bond donors (Lipinski definition) is 2. The molecule has 6 nitrogen and oxygen atoms in total. The minimum Gasteiger partial charge on any atom is -0.354 e. The van der Waals surface area contributed by atoms with Crippen LogP contribution in [0.15, 0.2) is 12.3 Å². The molecule has 0 atom stereocenters. The smallest absolute Gasteiger partial charge is 0.354 e. The van der Waals surface area contributed by atoms with Gasteiger partial charge in [-0.05, 0) is 12.5 Å². The molecule has 0 aliphatic carbocycles. The van der Waals surface area contributed by atoms with Gasteiger partial charge in [0, 0.05) is 12.7 Å². The monoisotopic (exact) mass is 284 g/mol. The number of anilines is 1. The van der Waals surface area contributed by atoms with E-state index in [1.54, 1.807) is 0 Å². The van der Waals surface area contributed by atoms with Crippen molar-refractivity contribution in [2.24, 2.45) is 5.14 Å². The minimum absolute atomic E-state index is 0.109. The Labute approximate surface area is 101 Å². The van der Waals surface area contributed by atoms with E-state index in [9.17, 15) is 21.6 Å². The summed E-state index contributed by atoms with van der Waals surface area (Å²) in [5.41, 5.74) is -1.06. The maximum atomic E-state index is 12.3. The Balaban J connectivity index is 2.53. The molecule has 1 heterocycles. The quantitative estimate of drug-likeness (QED) is 0.771. The summed E-state index contributed by atoms with van der Waals surface area (Å²) in [5, 5.41) is 7.25. The van der Waals surface area contributed by atoms with E-state index >= 15 is 0 Å². The second-order valence-corrected chi connectivity index (χ2v) is 5.14. The van der Waals surface area contributed by atoms with E-state index in [-0.39, 0.29) is 24.7 Å². The average molecular weight is 284 g/mol. The molecule has 0 unspecified atom stereocenters. The van der Waals surface area contributed by atoms with Crippen molar-refractivity contribution in [3.63, 3.8) is 0 Å². The number of primary sulfonamides is 1. The highest BCUT2D eigenvalue weighted by atomic mass is 32.2. The number of alkyl halides is 3. The summed E-state index contributed by atoms with van der Waals surface area (Å²) in [4.78, 5) is 6.83. The van der Waals surface area contributed by atoms with Crippen molar-refractivity contribution in [1.82, 2.24) is 9.97 Å². The van der Waals surface area contributed by atoms with Gasteiger partial charge < -0.3 is 5.32 Å². The first kappa shape index (κ1) is 14.6. The normalized spacial score (nSPS) is 12.4. The van der Waals surface area contributed by atoms with Crippen LogP contribution in [-0.4, -0.2) is 30.7 Å². The number of halogens is 3. The number of rotatable bonds is 5. The van der Waals surface area contributed by atoms with E-state index in [1.165, 1.54) is 0 Å². The van der Waals surface area contributed by atoms with Gasteiger partial charge in [-0.1, -0.05) is 0 Å². The van der Waals surface area contributed by atoms with E-state index in [1.807, 2.05) is 0 Å². The Kier molecular flexibility index (Phi) is 4.46. The van der Waals surface area contributed by atoms with Crippen LogP contribution in [0.3, 0.4) is 0 Å². The number of aromatic nitrogens is 2. The predicted molar refractivity (Wildman–Crippen MR) is 58.1 cm³/mol. The summed E-state index contributed by atoms with van der Waals surface area (Å²) in [6.07, 6.45) is -3.42. The maximum absolute atomic E-state index is 12.3. The Bertz CT molecular complexity index is 503. The molecule has 18 heavy (non-hydrogen) atoms. The molecule has 1 aromatic rings. The highest BCUT2D eigenvalue weighted by Crippen LogP contribution is 2.27. The summed E-state index contributed by atoms with van der Waals surface area (Å²) in [7, 11) is -3.57. The molecule has 0 spiro atoms. The van der Waals surface area contributed by atoms with Crippen molar-refractivity contribution in [2.75, 3.05) is 17.6 Å². The molecule has 1 aromatic heterocycles. The fraction of sp³-hybridized carbons (Fsp3) is 0.500. The molecule has 0 aliphatic rings. The minimum atomic E-state index is -4.54. The van der Waals surface area contributed by atoms with Gasteiger partial charge in [0.2, 0.25) is 16.0 Å². The molecule has 1 rings (SSSR count). The zero-order valence-corrected chi connectivity index (χ0v) is 9.92. The van der Waals surface area contributed by atoms with E-state index in [0.29, 0.717) is 0 Å². The number of nitrogens with two attached hydrogens (primary N) is 1. The van der Waals surface area contributed by atoms with Crippen LogP contribution in [0.4, 0.5) is 19.1 Å². The number of nitrogens with zero attached hydrogens (tertiary/aromatic N) is 2. The highest BCUT2D eigenvalue weighted by molar-refractivity contribution is 7.89. The second-order valence-electron chi connectivity index (χ2n) is 3.41. The first-order chi connectivity index (χ1) is 8.18. The third-order valence-electron chi connectivity index (χ3n) is 1.83. The van der Waals surface area contributed by atoms with Gasteiger partial charge in [-0.3, -0.25) is 0 Å². The van der Waals surface area contributed by atoms with Crippen molar-refractivity contribution in [3.8, 4) is 0 Å². The molecule has 0 amide bonds. The molecule has 10 heteroatoms. The van der Waals surface area contributed by atoms with Crippen molar-refractivity contribution >= 4 is 16.0 Å². The average Bonchev–Trinajstić information content (AvgIpc) is 2.22. The number of nitrogens with one attached hydrogen (secondary N) is 1. The third kappa shape index (κ3) is 5.27. The molecule has 0 radical (unpaired) electrons. The van der Waals surface area contributed by atoms with E-state index in [4.69, 9.17) is 5.14 Å². The van der Waals surface area contributed by atoms with E-state index in [2.05, 4.69) is 15.3 Å². The number of sulfonamides is 1. The number of hydrogen-bond acceptors (Lipinski definition) is 5. The first-order valence-electron chi connectivity index (χ1n) is 4.83. The van der Waals surface area contributed by atoms with Gasteiger partial charge in [0.05, 0.1) is 5.75 Å². The molecule has 0 saturated heterocycles. The van der Waals surface area contributed by atoms with Crippen LogP contribution in [0, 0.1) is 0 Å². The topological polar surface area (TPSA) is 98.0 Å². The Hall–Kier alpha value is -1.42. The lowest BCUT2D eigenvalue weighted by Gasteiger charge is -2.08.